The van der Waals surface area contributed by atoms with E-state index in [1.165, 1.54) is 32.1 Å². The molecule has 1 aromatic carbocycles. The predicted molar refractivity (Wildman–Crippen MR) is 114 cm³/mol. The summed E-state index contributed by atoms with van der Waals surface area (Å²) in [4.78, 5) is 16.1. The maximum Gasteiger partial charge on any atom is 0.280 e. The fraction of sp³-hybridized carbons (Fsp3) is 0.545. The van der Waals surface area contributed by atoms with Gasteiger partial charge >= 0.3 is 0 Å². The van der Waals surface area contributed by atoms with E-state index in [0.717, 1.165) is 24.0 Å². The number of fused-ring (bicyclic) bond motifs is 1. The van der Waals surface area contributed by atoms with Crippen LogP contribution in [0.25, 0.3) is 22.6 Å². The van der Waals surface area contributed by atoms with Crippen LogP contribution in [0.2, 0.25) is 0 Å². The molecule has 5 rings (SSSR count). The van der Waals surface area contributed by atoms with Crippen molar-refractivity contribution in [1.29, 1.82) is 0 Å². The largest absolute Gasteiger partial charge is 0.390 e. The fourth-order valence-corrected chi connectivity index (χ4v) is 4.64. The molecule has 1 saturated heterocycles. The number of nitrogens with zero attached hydrogens (tertiary/aromatic N) is 5. The number of piperidine rings is 1. The molecule has 2 aliphatic rings. The van der Waals surface area contributed by atoms with Gasteiger partial charge in [-0.2, -0.15) is 4.98 Å². The highest BCUT2D eigenvalue weighted by atomic mass is 16.5. The van der Waals surface area contributed by atoms with E-state index in [4.69, 9.17) is 14.5 Å². The molecule has 2 aromatic heterocycles. The molecule has 2 N–H and O–H groups in total. The Morgan fingerprint density at radius 3 is 2.50 bits per heavy atom. The van der Waals surface area contributed by atoms with Gasteiger partial charge in [0.05, 0.1) is 17.1 Å². The van der Waals surface area contributed by atoms with E-state index in [2.05, 4.69) is 20.4 Å². The van der Waals surface area contributed by atoms with Crippen molar-refractivity contribution < 1.29 is 9.63 Å². The molecule has 2 atom stereocenters. The van der Waals surface area contributed by atoms with Crippen LogP contribution in [0.1, 0.15) is 44.3 Å². The summed E-state index contributed by atoms with van der Waals surface area (Å²) in [6.07, 6.45) is 6.71. The zero-order valence-electron chi connectivity index (χ0n) is 17.3. The summed E-state index contributed by atoms with van der Waals surface area (Å²) >= 11 is 0. The Kier molecular flexibility index (Phi) is 5.35. The first kappa shape index (κ1) is 19.4. The van der Waals surface area contributed by atoms with Gasteiger partial charge in [0.25, 0.3) is 5.89 Å². The van der Waals surface area contributed by atoms with Gasteiger partial charge in [-0.1, -0.05) is 36.6 Å². The SMILES string of the molecule is Cc1noc(-c2nc3ccccc3nc2N2CC[C@H](NC3CCCCC3)[C@H](O)C2)n1. The maximum atomic E-state index is 10.9. The lowest BCUT2D eigenvalue weighted by Gasteiger charge is -2.39. The van der Waals surface area contributed by atoms with Crippen LogP contribution in [0.4, 0.5) is 5.82 Å². The molecule has 1 saturated carbocycles. The molecule has 1 aliphatic carbocycles. The van der Waals surface area contributed by atoms with Gasteiger partial charge in [-0.15, -0.1) is 0 Å². The van der Waals surface area contributed by atoms with Gasteiger partial charge in [0.2, 0.25) is 0 Å². The van der Waals surface area contributed by atoms with Gasteiger partial charge in [-0.3, -0.25) is 0 Å². The number of rotatable bonds is 4. The number of aromatic nitrogens is 4. The number of benzene rings is 1. The van der Waals surface area contributed by atoms with Gasteiger partial charge in [-0.25, -0.2) is 9.97 Å². The van der Waals surface area contributed by atoms with Crippen LogP contribution in [-0.4, -0.2) is 56.5 Å². The predicted octanol–water partition coefficient (Wildman–Crippen LogP) is 2.85. The van der Waals surface area contributed by atoms with Crippen molar-refractivity contribution >= 4 is 16.9 Å². The van der Waals surface area contributed by atoms with E-state index in [1.807, 2.05) is 24.3 Å². The number of aryl methyl sites for hydroxylation is 1. The number of aliphatic hydroxyl groups excluding tert-OH is 1. The second-order valence-corrected chi connectivity index (χ2v) is 8.44. The summed E-state index contributed by atoms with van der Waals surface area (Å²) in [6, 6.07) is 8.41. The normalized spacial score (nSPS) is 23.2. The molecule has 158 valence electrons. The van der Waals surface area contributed by atoms with E-state index in [-0.39, 0.29) is 6.04 Å². The first-order chi connectivity index (χ1) is 14.7. The minimum Gasteiger partial charge on any atom is -0.390 e. The first-order valence-corrected chi connectivity index (χ1v) is 10.9. The summed E-state index contributed by atoms with van der Waals surface area (Å²) in [5.74, 6) is 1.60. The average molecular weight is 409 g/mol. The summed E-state index contributed by atoms with van der Waals surface area (Å²) in [5, 5.41) is 18.5. The van der Waals surface area contributed by atoms with Crippen molar-refractivity contribution in [2.75, 3.05) is 18.0 Å². The smallest absolute Gasteiger partial charge is 0.280 e. The van der Waals surface area contributed by atoms with Gasteiger partial charge in [0, 0.05) is 25.2 Å². The van der Waals surface area contributed by atoms with Crippen molar-refractivity contribution in [2.24, 2.45) is 0 Å². The second-order valence-electron chi connectivity index (χ2n) is 8.44. The third-order valence-electron chi connectivity index (χ3n) is 6.22. The minimum atomic E-state index is -0.466. The fourth-order valence-electron chi connectivity index (χ4n) is 4.64. The van der Waals surface area contributed by atoms with Crippen molar-refractivity contribution in [2.45, 2.75) is 63.6 Å². The van der Waals surface area contributed by atoms with Crippen LogP contribution in [0, 0.1) is 6.92 Å². The summed E-state index contributed by atoms with van der Waals surface area (Å²) in [6.45, 7) is 3.07. The Bertz CT molecular complexity index is 1020. The molecule has 8 nitrogen and oxygen atoms in total. The number of nitrogens with one attached hydrogen (secondary N) is 1. The number of β-amino-alcohol motifs (C(OH)–C–C–N with tert-alkyl or cyclic N) is 1. The van der Waals surface area contributed by atoms with Crippen molar-refractivity contribution in [3.63, 3.8) is 0 Å². The summed E-state index contributed by atoms with van der Waals surface area (Å²) in [7, 11) is 0. The summed E-state index contributed by atoms with van der Waals surface area (Å²) in [5.41, 5.74) is 2.16. The van der Waals surface area contributed by atoms with Gasteiger partial charge in [0.15, 0.2) is 17.3 Å². The molecule has 8 heteroatoms. The Morgan fingerprint density at radius 1 is 1.03 bits per heavy atom. The molecular formula is C22H28N6O2. The van der Waals surface area contributed by atoms with Gasteiger partial charge in [-0.05, 0) is 38.3 Å². The minimum absolute atomic E-state index is 0.117. The number of aliphatic hydroxyl groups is 1. The molecule has 0 spiro atoms. The molecule has 0 unspecified atom stereocenters. The van der Waals surface area contributed by atoms with Crippen LogP contribution in [0.15, 0.2) is 28.8 Å². The van der Waals surface area contributed by atoms with E-state index < -0.39 is 6.10 Å². The third-order valence-corrected chi connectivity index (χ3v) is 6.22. The first-order valence-electron chi connectivity index (χ1n) is 10.9. The van der Waals surface area contributed by atoms with E-state index in [9.17, 15) is 5.11 Å². The molecule has 0 radical (unpaired) electrons. The molecule has 3 heterocycles. The zero-order valence-corrected chi connectivity index (χ0v) is 17.3. The molecular weight excluding hydrogens is 380 g/mol. The number of hydrogen-bond acceptors (Lipinski definition) is 8. The van der Waals surface area contributed by atoms with Crippen LogP contribution < -0.4 is 10.2 Å². The highest BCUT2D eigenvalue weighted by Gasteiger charge is 2.32. The molecule has 30 heavy (non-hydrogen) atoms. The lowest BCUT2D eigenvalue weighted by molar-refractivity contribution is 0.103. The van der Waals surface area contributed by atoms with Crippen LogP contribution in [0.5, 0.6) is 0 Å². The second kappa shape index (κ2) is 8.28. The number of para-hydroxylation sites is 2. The zero-order chi connectivity index (χ0) is 20.5. The standard InChI is InChI=1S/C22H28N6O2/c1-14-23-22(30-27-14)20-21(26-17-10-6-5-9-16(17)25-20)28-12-11-18(19(29)13-28)24-15-7-3-2-4-8-15/h5-6,9-10,15,18-19,24,29H,2-4,7-8,11-13H2,1H3/t18-,19+/m0/s1. The molecule has 0 amide bonds. The molecule has 1 aliphatic heterocycles. The molecule has 3 aromatic rings. The third kappa shape index (κ3) is 3.89. The van der Waals surface area contributed by atoms with Crippen molar-refractivity contribution in [3.8, 4) is 11.6 Å². The Hall–Kier alpha value is -2.58. The topological polar surface area (TPSA) is 100 Å². The highest BCUT2D eigenvalue weighted by molar-refractivity contribution is 5.81. The van der Waals surface area contributed by atoms with Crippen molar-refractivity contribution in [3.05, 3.63) is 30.1 Å². The van der Waals surface area contributed by atoms with Crippen LogP contribution >= 0.6 is 0 Å². The van der Waals surface area contributed by atoms with Crippen LogP contribution in [0.3, 0.4) is 0 Å². The quantitative estimate of drug-likeness (QED) is 0.680. The maximum absolute atomic E-state index is 10.9. The number of hydrogen-bond donors (Lipinski definition) is 2. The average Bonchev–Trinajstić information content (AvgIpc) is 3.21. The molecule has 0 bridgehead atoms. The Balaban J connectivity index is 1.41. The molecule has 2 fully saturated rings. The van der Waals surface area contributed by atoms with E-state index in [1.54, 1.807) is 6.92 Å². The Labute approximate surface area is 175 Å². The summed E-state index contributed by atoms with van der Waals surface area (Å²) < 4.78 is 5.41. The van der Waals surface area contributed by atoms with E-state index >= 15 is 0 Å². The number of anilines is 1. The van der Waals surface area contributed by atoms with Gasteiger partial charge in [0.1, 0.15) is 0 Å². The lowest BCUT2D eigenvalue weighted by Crippen LogP contribution is -2.55. The van der Waals surface area contributed by atoms with Crippen molar-refractivity contribution in [1.82, 2.24) is 25.4 Å². The Morgan fingerprint density at radius 2 is 1.80 bits per heavy atom. The van der Waals surface area contributed by atoms with Gasteiger partial charge < -0.3 is 19.8 Å². The van der Waals surface area contributed by atoms with Crippen LogP contribution in [-0.2, 0) is 0 Å². The lowest BCUT2D eigenvalue weighted by atomic mass is 9.93. The van der Waals surface area contributed by atoms with E-state index in [0.29, 0.717) is 35.8 Å². The monoisotopic (exact) mass is 408 g/mol. The highest BCUT2D eigenvalue weighted by Crippen LogP contribution is 2.31.